The van der Waals surface area contributed by atoms with Crippen LogP contribution in [-0.2, 0) is 4.79 Å². The third kappa shape index (κ3) is 2.48. The first kappa shape index (κ1) is 14.4. The number of rotatable bonds is 4. The minimum atomic E-state index is -0.558. The molecule has 0 radical (unpaired) electrons. The number of hydrogen-bond donors (Lipinski definition) is 0. The highest BCUT2D eigenvalue weighted by molar-refractivity contribution is 6.01. The van der Waals surface area contributed by atoms with E-state index in [2.05, 4.69) is 0 Å². The molecule has 0 spiro atoms. The van der Waals surface area contributed by atoms with Crippen LogP contribution in [0.2, 0.25) is 0 Å². The van der Waals surface area contributed by atoms with E-state index >= 15 is 0 Å². The lowest BCUT2D eigenvalue weighted by molar-refractivity contribution is -0.125. The van der Waals surface area contributed by atoms with E-state index in [9.17, 15) is 9.59 Å². The monoisotopic (exact) mass is 277 g/mol. The Morgan fingerprint density at radius 3 is 2.70 bits per heavy atom. The number of nitrogens with zero attached hydrogens (tertiary/aromatic N) is 1. The average molecular weight is 277 g/mol. The molecule has 5 nitrogen and oxygen atoms in total. The highest BCUT2D eigenvalue weighted by Crippen LogP contribution is 2.42. The van der Waals surface area contributed by atoms with Gasteiger partial charge in [-0.2, -0.15) is 0 Å². The first-order chi connectivity index (χ1) is 9.47. The number of carbonyl (C=O) groups is 2. The lowest BCUT2D eigenvalue weighted by atomic mass is 10.1. The Balaban J connectivity index is 2.58. The van der Waals surface area contributed by atoms with Crippen molar-refractivity contribution >= 4 is 17.9 Å². The van der Waals surface area contributed by atoms with Gasteiger partial charge in [-0.15, -0.1) is 0 Å². The Labute approximate surface area is 118 Å². The summed E-state index contributed by atoms with van der Waals surface area (Å²) < 4.78 is 10.9. The maximum atomic E-state index is 12.3. The summed E-state index contributed by atoms with van der Waals surface area (Å²) >= 11 is 0. The van der Waals surface area contributed by atoms with Crippen LogP contribution in [0.25, 0.3) is 0 Å². The minimum Gasteiger partial charge on any atom is -0.493 e. The first-order valence-electron chi connectivity index (χ1n) is 6.63. The maximum absolute atomic E-state index is 12.3. The molecule has 20 heavy (non-hydrogen) atoms. The molecule has 5 heteroatoms. The summed E-state index contributed by atoms with van der Waals surface area (Å²) in [6.45, 7) is 6.36. The van der Waals surface area contributed by atoms with E-state index in [0.717, 1.165) is 6.29 Å². The Morgan fingerprint density at radius 1 is 1.45 bits per heavy atom. The summed E-state index contributed by atoms with van der Waals surface area (Å²) in [5, 5.41) is 0. The van der Waals surface area contributed by atoms with Gasteiger partial charge >= 0.3 is 0 Å². The van der Waals surface area contributed by atoms with E-state index in [1.54, 1.807) is 24.0 Å². The Bertz CT molecular complexity index is 539. The standard InChI is InChI=1S/C15H19NO4/c1-9(2)7-16-12-5-11(8-17)6-13(19-4)14(12)20-10(3)15(16)18/h5-6,8-10H,7H2,1-4H3. The normalized spacial score (nSPS) is 17.8. The van der Waals surface area contributed by atoms with Crippen molar-refractivity contribution in [3.63, 3.8) is 0 Å². The van der Waals surface area contributed by atoms with Gasteiger partial charge in [-0.25, -0.2) is 0 Å². The van der Waals surface area contributed by atoms with Crippen molar-refractivity contribution in [1.82, 2.24) is 0 Å². The van der Waals surface area contributed by atoms with E-state index in [1.165, 1.54) is 7.11 Å². The van der Waals surface area contributed by atoms with E-state index < -0.39 is 6.10 Å². The molecule has 0 aliphatic carbocycles. The summed E-state index contributed by atoms with van der Waals surface area (Å²) in [6.07, 6.45) is 0.177. The number of carbonyl (C=O) groups excluding carboxylic acids is 2. The number of anilines is 1. The number of methoxy groups -OCH3 is 1. The van der Waals surface area contributed by atoms with E-state index in [0.29, 0.717) is 35.2 Å². The second kappa shape index (κ2) is 5.53. The molecule has 0 aromatic heterocycles. The number of aldehydes is 1. The van der Waals surface area contributed by atoms with Crippen LogP contribution in [-0.4, -0.2) is 32.0 Å². The van der Waals surface area contributed by atoms with Crippen LogP contribution in [0.1, 0.15) is 31.1 Å². The molecule has 108 valence electrons. The van der Waals surface area contributed by atoms with Gasteiger partial charge in [0.1, 0.15) is 6.29 Å². The van der Waals surface area contributed by atoms with Crippen molar-refractivity contribution in [3.8, 4) is 11.5 Å². The Kier molecular flexibility index (Phi) is 3.97. The topological polar surface area (TPSA) is 55.8 Å². The van der Waals surface area contributed by atoms with Gasteiger partial charge in [-0.1, -0.05) is 13.8 Å². The molecule has 1 unspecified atom stereocenters. The van der Waals surface area contributed by atoms with E-state index in [1.807, 2.05) is 13.8 Å². The van der Waals surface area contributed by atoms with Crippen molar-refractivity contribution in [1.29, 1.82) is 0 Å². The van der Waals surface area contributed by atoms with Gasteiger partial charge in [0.2, 0.25) is 0 Å². The van der Waals surface area contributed by atoms with Gasteiger partial charge < -0.3 is 14.4 Å². The lowest BCUT2D eigenvalue weighted by Crippen LogP contribution is -2.46. The van der Waals surface area contributed by atoms with Crippen LogP contribution in [0.4, 0.5) is 5.69 Å². The second-order valence-corrected chi connectivity index (χ2v) is 5.29. The smallest absolute Gasteiger partial charge is 0.267 e. The zero-order valence-electron chi connectivity index (χ0n) is 12.2. The molecule has 0 saturated heterocycles. The third-order valence-corrected chi connectivity index (χ3v) is 3.16. The van der Waals surface area contributed by atoms with Gasteiger partial charge in [0.25, 0.3) is 5.91 Å². The summed E-state index contributed by atoms with van der Waals surface area (Å²) in [5.74, 6) is 1.20. The van der Waals surface area contributed by atoms with E-state index in [-0.39, 0.29) is 5.91 Å². The fourth-order valence-corrected chi connectivity index (χ4v) is 2.27. The predicted octanol–water partition coefficient (Wildman–Crippen LogP) is 2.28. The highest BCUT2D eigenvalue weighted by atomic mass is 16.5. The fraction of sp³-hybridized carbons (Fsp3) is 0.467. The SMILES string of the molecule is COc1cc(C=O)cc2c1OC(C)C(=O)N2CC(C)C. The molecule has 1 atom stereocenters. The van der Waals surface area contributed by atoms with Gasteiger partial charge in [0, 0.05) is 12.1 Å². The quantitative estimate of drug-likeness (QED) is 0.792. The molecule has 1 aromatic rings. The molecule has 1 aliphatic heterocycles. The summed E-state index contributed by atoms with van der Waals surface area (Å²) in [5.41, 5.74) is 1.06. The van der Waals surface area contributed by atoms with Crippen LogP contribution in [0.5, 0.6) is 11.5 Å². The number of hydrogen-bond acceptors (Lipinski definition) is 4. The van der Waals surface area contributed by atoms with E-state index in [4.69, 9.17) is 9.47 Å². The fourth-order valence-electron chi connectivity index (χ4n) is 2.27. The number of amides is 1. The molecular weight excluding hydrogens is 258 g/mol. The largest absolute Gasteiger partial charge is 0.493 e. The highest BCUT2D eigenvalue weighted by Gasteiger charge is 2.34. The molecule has 2 rings (SSSR count). The van der Waals surface area contributed by atoms with Gasteiger partial charge in [-0.3, -0.25) is 9.59 Å². The zero-order chi connectivity index (χ0) is 14.9. The van der Waals surface area contributed by atoms with Gasteiger partial charge in [-0.05, 0) is 25.0 Å². The van der Waals surface area contributed by atoms with Crippen LogP contribution < -0.4 is 14.4 Å². The number of ether oxygens (including phenoxy) is 2. The van der Waals surface area contributed by atoms with Crippen LogP contribution >= 0.6 is 0 Å². The molecular formula is C15H19NO4. The summed E-state index contributed by atoms with van der Waals surface area (Å²) in [4.78, 5) is 25.0. The van der Waals surface area contributed by atoms with Crippen molar-refractivity contribution in [3.05, 3.63) is 17.7 Å². The summed E-state index contributed by atoms with van der Waals surface area (Å²) in [7, 11) is 1.52. The molecule has 1 aromatic carbocycles. The lowest BCUT2D eigenvalue weighted by Gasteiger charge is -2.34. The molecule has 1 heterocycles. The Morgan fingerprint density at radius 2 is 2.15 bits per heavy atom. The molecule has 0 fully saturated rings. The van der Waals surface area contributed by atoms with Crippen molar-refractivity contribution in [2.45, 2.75) is 26.9 Å². The second-order valence-electron chi connectivity index (χ2n) is 5.29. The minimum absolute atomic E-state index is 0.101. The third-order valence-electron chi connectivity index (χ3n) is 3.16. The first-order valence-corrected chi connectivity index (χ1v) is 6.63. The van der Waals surface area contributed by atoms with Crippen LogP contribution in [0.3, 0.4) is 0 Å². The van der Waals surface area contributed by atoms with Crippen LogP contribution in [0, 0.1) is 5.92 Å². The average Bonchev–Trinajstić information content (AvgIpc) is 2.42. The molecule has 1 amide bonds. The maximum Gasteiger partial charge on any atom is 0.267 e. The van der Waals surface area contributed by atoms with Gasteiger partial charge in [0.15, 0.2) is 17.6 Å². The summed E-state index contributed by atoms with van der Waals surface area (Å²) in [6, 6.07) is 3.28. The molecule has 0 saturated carbocycles. The molecule has 0 N–H and O–H groups in total. The molecule has 0 bridgehead atoms. The van der Waals surface area contributed by atoms with Crippen molar-refractivity contribution in [2.24, 2.45) is 5.92 Å². The number of benzene rings is 1. The predicted molar refractivity (Wildman–Crippen MR) is 75.7 cm³/mol. The van der Waals surface area contributed by atoms with Crippen molar-refractivity contribution in [2.75, 3.05) is 18.6 Å². The zero-order valence-corrected chi connectivity index (χ0v) is 12.2. The Hall–Kier alpha value is -2.04. The van der Waals surface area contributed by atoms with Crippen LogP contribution in [0.15, 0.2) is 12.1 Å². The molecule has 1 aliphatic rings. The van der Waals surface area contributed by atoms with Gasteiger partial charge in [0.05, 0.1) is 12.8 Å². The van der Waals surface area contributed by atoms with Crippen molar-refractivity contribution < 1.29 is 19.1 Å². The number of fused-ring (bicyclic) bond motifs is 1.